The SMILES string of the molecule is N#Cc1c(Cl)nsc1N1CCC(CN2CCCC2)CC1. The average molecular weight is 311 g/mol. The minimum atomic E-state index is 0.353. The molecule has 0 aromatic carbocycles. The van der Waals surface area contributed by atoms with Crippen molar-refractivity contribution in [3.05, 3.63) is 10.7 Å². The molecule has 0 atom stereocenters. The average Bonchev–Trinajstić information content (AvgIpc) is 3.09. The minimum Gasteiger partial charge on any atom is -0.361 e. The topological polar surface area (TPSA) is 43.2 Å². The zero-order chi connectivity index (χ0) is 13.9. The summed E-state index contributed by atoms with van der Waals surface area (Å²) in [5.74, 6) is 0.804. The van der Waals surface area contributed by atoms with Gasteiger partial charge in [0.1, 0.15) is 16.6 Å². The van der Waals surface area contributed by atoms with Gasteiger partial charge >= 0.3 is 0 Å². The maximum absolute atomic E-state index is 9.16. The fourth-order valence-corrected chi connectivity index (χ4v) is 4.30. The second kappa shape index (κ2) is 6.30. The van der Waals surface area contributed by atoms with Gasteiger partial charge in [0.2, 0.25) is 0 Å². The second-order valence-electron chi connectivity index (χ2n) is 5.70. The summed E-state index contributed by atoms with van der Waals surface area (Å²) in [6.45, 7) is 5.85. The first-order chi connectivity index (χ1) is 9.78. The number of hydrogen-bond donors (Lipinski definition) is 0. The van der Waals surface area contributed by atoms with Crippen molar-refractivity contribution < 1.29 is 0 Å². The number of piperidine rings is 1. The molecule has 0 amide bonds. The van der Waals surface area contributed by atoms with Crippen LogP contribution in [0.5, 0.6) is 0 Å². The first-order valence-electron chi connectivity index (χ1n) is 7.30. The monoisotopic (exact) mass is 310 g/mol. The molecular formula is C14H19ClN4S. The van der Waals surface area contributed by atoms with E-state index in [0.29, 0.717) is 10.7 Å². The molecule has 6 heteroatoms. The number of halogens is 1. The van der Waals surface area contributed by atoms with Gasteiger partial charge in [-0.15, -0.1) is 0 Å². The van der Waals surface area contributed by atoms with Gasteiger partial charge in [0, 0.05) is 19.6 Å². The van der Waals surface area contributed by atoms with Crippen LogP contribution in [-0.4, -0.2) is 42.0 Å². The van der Waals surface area contributed by atoms with E-state index in [-0.39, 0.29) is 0 Å². The molecule has 1 aromatic heterocycles. The van der Waals surface area contributed by atoms with Crippen molar-refractivity contribution in [1.82, 2.24) is 9.27 Å². The molecule has 0 radical (unpaired) electrons. The maximum atomic E-state index is 9.16. The number of anilines is 1. The van der Waals surface area contributed by atoms with E-state index in [9.17, 15) is 0 Å². The molecular weight excluding hydrogens is 292 g/mol. The van der Waals surface area contributed by atoms with E-state index in [1.165, 1.54) is 56.9 Å². The van der Waals surface area contributed by atoms with Crippen molar-refractivity contribution in [3.8, 4) is 6.07 Å². The van der Waals surface area contributed by atoms with Crippen LogP contribution in [0.1, 0.15) is 31.2 Å². The van der Waals surface area contributed by atoms with Crippen LogP contribution in [0.4, 0.5) is 5.00 Å². The molecule has 0 aliphatic carbocycles. The minimum absolute atomic E-state index is 0.353. The fourth-order valence-electron chi connectivity index (χ4n) is 3.22. The van der Waals surface area contributed by atoms with Crippen molar-refractivity contribution in [1.29, 1.82) is 5.26 Å². The van der Waals surface area contributed by atoms with Gasteiger partial charge in [-0.1, -0.05) is 11.6 Å². The number of rotatable bonds is 3. The largest absolute Gasteiger partial charge is 0.361 e. The Bertz CT molecular complexity index is 496. The van der Waals surface area contributed by atoms with Gasteiger partial charge in [-0.2, -0.15) is 9.64 Å². The smallest absolute Gasteiger partial charge is 0.162 e. The Kier molecular flexibility index (Phi) is 4.45. The summed E-state index contributed by atoms with van der Waals surface area (Å²) in [5.41, 5.74) is 0.551. The normalized spacial score (nSPS) is 21.3. The van der Waals surface area contributed by atoms with E-state index in [4.69, 9.17) is 16.9 Å². The lowest BCUT2D eigenvalue weighted by atomic mass is 9.96. The van der Waals surface area contributed by atoms with Crippen molar-refractivity contribution in [2.75, 3.05) is 37.6 Å². The molecule has 0 spiro atoms. The van der Waals surface area contributed by atoms with Crippen molar-refractivity contribution in [2.45, 2.75) is 25.7 Å². The molecule has 2 fully saturated rings. The van der Waals surface area contributed by atoms with Crippen molar-refractivity contribution in [2.24, 2.45) is 5.92 Å². The zero-order valence-electron chi connectivity index (χ0n) is 11.5. The number of nitriles is 1. The summed E-state index contributed by atoms with van der Waals surface area (Å²) in [5, 5.41) is 10.5. The van der Waals surface area contributed by atoms with Gasteiger partial charge in [0.15, 0.2) is 5.15 Å². The summed E-state index contributed by atoms with van der Waals surface area (Å²) in [7, 11) is 0. The Morgan fingerprint density at radius 1 is 1.25 bits per heavy atom. The summed E-state index contributed by atoms with van der Waals surface area (Å²) >= 11 is 7.30. The van der Waals surface area contributed by atoms with Gasteiger partial charge in [0.05, 0.1) is 0 Å². The van der Waals surface area contributed by atoms with Gasteiger partial charge in [-0.25, -0.2) is 0 Å². The number of likely N-dealkylation sites (tertiary alicyclic amines) is 1. The molecule has 2 aliphatic rings. The summed E-state index contributed by atoms with van der Waals surface area (Å²) in [4.78, 5) is 4.88. The zero-order valence-corrected chi connectivity index (χ0v) is 13.1. The second-order valence-corrected chi connectivity index (χ2v) is 6.81. The van der Waals surface area contributed by atoms with Crippen molar-refractivity contribution in [3.63, 3.8) is 0 Å². The third-order valence-electron chi connectivity index (χ3n) is 4.36. The van der Waals surface area contributed by atoms with Crippen LogP contribution in [0.3, 0.4) is 0 Å². The van der Waals surface area contributed by atoms with Gasteiger partial charge in [0.25, 0.3) is 0 Å². The Balaban J connectivity index is 1.56. The van der Waals surface area contributed by atoms with E-state index in [0.717, 1.165) is 24.0 Å². The van der Waals surface area contributed by atoms with Gasteiger partial charge in [-0.3, -0.25) is 0 Å². The highest BCUT2D eigenvalue weighted by Gasteiger charge is 2.26. The molecule has 1 aromatic rings. The van der Waals surface area contributed by atoms with Gasteiger partial charge < -0.3 is 9.80 Å². The molecule has 20 heavy (non-hydrogen) atoms. The molecule has 0 bridgehead atoms. The highest BCUT2D eigenvalue weighted by molar-refractivity contribution is 7.10. The molecule has 4 nitrogen and oxygen atoms in total. The Labute approximate surface area is 129 Å². The van der Waals surface area contributed by atoms with Crippen LogP contribution in [0.25, 0.3) is 0 Å². The molecule has 108 valence electrons. The number of nitrogens with zero attached hydrogens (tertiary/aromatic N) is 4. The molecule has 2 saturated heterocycles. The lowest BCUT2D eigenvalue weighted by Gasteiger charge is -2.34. The highest BCUT2D eigenvalue weighted by Crippen LogP contribution is 2.34. The highest BCUT2D eigenvalue weighted by atomic mass is 35.5. The predicted molar refractivity (Wildman–Crippen MR) is 82.5 cm³/mol. The lowest BCUT2D eigenvalue weighted by molar-refractivity contribution is 0.249. The van der Waals surface area contributed by atoms with Crippen LogP contribution < -0.4 is 4.90 Å². The Hall–Kier alpha value is -0.830. The maximum Gasteiger partial charge on any atom is 0.162 e. The quantitative estimate of drug-likeness (QED) is 0.861. The summed E-state index contributed by atoms with van der Waals surface area (Å²) < 4.78 is 4.10. The Morgan fingerprint density at radius 3 is 2.60 bits per heavy atom. The van der Waals surface area contributed by atoms with E-state index >= 15 is 0 Å². The first-order valence-corrected chi connectivity index (χ1v) is 8.45. The molecule has 0 N–H and O–H groups in total. The summed E-state index contributed by atoms with van der Waals surface area (Å²) in [6.07, 6.45) is 5.14. The van der Waals surface area contributed by atoms with E-state index in [1.807, 2.05) is 0 Å². The third-order valence-corrected chi connectivity index (χ3v) is 5.64. The Morgan fingerprint density at radius 2 is 1.95 bits per heavy atom. The number of hydrogen-bond acceptors (Lipinski definition) is 5. The van der Waals surface area contributed by atoms with E-state index in [1.54, 1.807) is 0 Å². The molecule has 3 rings (SSSR count). The van der Waals surface area contributed by atoms with Crippen LogP contribution in [0.15, 0.2) is 0 Å². The standard InChI is InChI=1S/C14H19ClN4S/c15-13-12(9-16)14(20-17-13)19-7-3-11(4-8-19)10-18-5-1-2-6-18/h11H,1-8,10H2. The van der Waals surface area contributed by atoms with Crippen LogP contribution >= 0.6 is 23.1 Å². The predicted octanol–water partition coefficient (Wildman–Crippen LogP) is 2.98. The molecule has 0 unspecified atom stereocenters. The summed E-state index contributed by atoms with van der Waals surface area (Å²) in [6, 6.07) is 2.18. The molecule has 3 heterocycles. The lowest BCUT2D eigenvalue weighted by Crippen LogP contribution is -2.38. The van der Waals surface area contributed by atoms with E-state index < -0.39 is 0 Å². The van der Waals surface area contributed by atoms with Crippen molar-refractivity contribution >= 4 is 28.1 Å². The van der Waals surface area contributed by atoms with Crippen LogP contribution in [0, 0.1) is 17.2 Å². The molecule has 0 saturated carbocycles. The van der Waals surface area contributed by atoms with E-state index in [2.05, 4.69) is 20.2 Å². The number of aromatic nitrogens is 1. The molecule has 2 aliphatic heterocycles. The van der Waals surface area contributed by atoms with Crippen LogP contribution in [0.2, 0.25) is 5.15 Å². The van der Waals surface area contributed by atoms with Gasteiger partial charge in [-0.05, 0) is 56.2 Å². The third kappa shape index (κ3) is 2.93. The first kappa shape index (κ1) is 14.1. The fraction of sp³-hybridized carbons (Fsp3) is 0.714. The van der Waals surface area contributed by atoms with Crippen LogP contribution in [-0.2, 0) is 0 Å².